The zero-order valence-corrected chi connectivity index (χ0v) is 11.0. The maximum atomic E-state index is 11.7. The van der Waals surface area contributed by atoms with Crippen molar-refractivity contribution < 1.29 is 29.3 Å². The molecule has 2 N–H and O–H groups in total. The van der Waals surface area contributed by atoms with Crippen molar-refractivity contribution in [2.75, 3.05) is 0 Å². The largest absolute Gasteiger partial charge is 0.479 e. The lowest BCUT2D eigenvalue weighted by Gasteiger charge is -2.21. The summed E-state index contributed by atoms with van der Waals surface area (Å²) < 4.78 is 5.11. The van der Waals surface area contributed by atoms with Gasteiger partial charge >= 0.3 is 11.9 Å². The lowest BCUT2D eigenvalue weighted by Crippen LogP contribution is -2.26. The molecule has 1 saturated heterocycles. The number of hydrogen-bond acceptors (Lipinski definition) is 5. The fraction of sp³-hybridized carbons (Fsp3) is 0.769. The van der Waals surface area contributed by atoms with Gasteiger partial charge in [-0.2, -0.15) is 0 Å². The van der Waals surface area contributed by atoms with Crippen LogP contribution in [-0.4, -0.2) is 40.1 Å². The van der Waals surface area contributed by atoms with E-state index in [0.717, 1.165) is 0 Å². The Labute approximate surface area is 111 Å². The number of rotatable bonds is 3. The van der Waals surface area contributed by atoms with E-state index in [0.29, 0.717) is 19.3 Å². The van der Waals surface area contributed by atoms with E-state index in [2.05, 4.69) is 0 Å². The van der Waals surface area contributed by atoms with E-state index in [1.807, 2.05) is 0 Å². The summed E-state index contributed by atoms with van der Waals surface area (Å²) in [6, 6.07) is 0. The SMILES string of the molecule is CC1CCC(=O)CC(CC(O)C(=O)O)CCC(=O)O1. The highest BCUT2D eigenvalue weighted by molar-refractivity contribution is 5.79. The number of aliphatic carboxylic acids is 1. The van der Waals surface area contributed by atoms with Crippen molar-refractivity contribution in [3.8, 4) is 0 Å². The van der Waals surface area contributed by atoms with E-state index in [1.165, 1.54) is 0 Å². The summed E-state index contributed by atoms with van der Waals surface area (Å²) >= 11 is 0. The number of esters is 1. The second-order valence-corrected chi connectivity index (χ2v) is 5.08. The summed E-state index contributed by atoms with van der Waals surface area (Å²) in [4.78, 5) is 33.8. The van der Waals surface area contributed by atoms with Crippen LogP contribution >= 0.6 is 0 Å². The predicted octanol–water partition coefficient (Wildman–Crippen LogP) is 0.903. The predicted molar refractivity (Wildman–Crippen MR) is 65.4 cm³/mol. The molecule has 0 amide bonds. The van der Waals surface area contributed by atoms with Gasteiger partial charge in [-0.05, 0) is 32.1 Å². The number of aliphatic hydroxyl groups excluding tert-OH is 1. The van der Waals surface area contributed by atoms with Crippen LogP contribution in [0, 0.1) is 5.92 Å². The minimum Gasteiger partial charge on any atom is -0.479 e. The smallest absolute Gasteiger partial charge is 0.332 e. The second-order valence-electron chi connectivity index (χ2n) is 5.08. The second kappa shape index (κ2) is 7.23. The van der Waals surface area contributed by atoms with Crippen molar-refractivity contribution in [2.45, 2.75) is 57.7 Å². The Morgan fingerprint density at radius 3 is 2.68 bits per heavy atom. The van der Waals surface area contributed by atoms with Crippen LogP contribution in [-0.2, 0) is 19.1 Å². The van der Waals surface area contributed by atoms with E-state index in [4.69, 9.17) is 9.84 Å². The number of carboxylic acids is 1. The van der Waals surface area contributed by atoms with Crippen LogP contribution in [0.15, 0.2) is 0 Å². The third kappa shape index (κ3) is 5.83. The minimum absolute atomic E-state index is 0.0100. The molecule has 0 aromatic carbocycles. The van der Waals surface area contributed by atoms with Gasteiger partial charge in [0.05, 0.1) is 6.10 Å². The van der Waals surface area contributed by atoms with Crippen molar-refractivity contribution in [1.29, 1.82) is 0 Å². The Morgan fingerprint density at radius 2 is 2.05 bits per heavy atom. The minimum atomic E-state index is -1.49. The number of cyclic esters (lactones) is 1. The van der Waals surface area contributed by atoms with Crippen molar-refractivity contribution in [3.05, 3.63) is 0 Å². The summed E-state index contributed by atoms with van der Waals surface area (Å²) in [7, 11) is 0. The molecule has 1 aliphatic rings. The van der Waals surface area contributed by atoms with Gasteiger partial charge in [0.2, 0.25) is 0 Å². The lowest BCUT2D eigenvalue weighted by atomic mass is 9.89. The van der Waals surface area contributed by atoms with Crippen LogP contribution in [0.1, 0.15) is 45.4 Å². The van der Waals surface area contributed by atoms with Gasteiger partial charge in [0.1, 0.15) is 5.78 Å². The molecule has 19 heavy (non-hydrogen) atoms. The van der Waals surface area contributed by atoms with E-state index in [-0.39, 0.29) is 43.0 Å². The van der Waals surface area contributed by atoms with Crippen molar-refractivity contribution in [3.63, 3.8) is 0 Å². The van der Waals surface area contributed by atoms with Crippen LogP contribution in [0.4, 0.5) is 0 Å². The van der Waals surface area contributed by atoms with Gasteiger partial charge in [-0.15, -0.1) is 0 Å². The number of ketones is 1. The number of hydrogen-bond donors (Lipinski definition) is 2. The first-order chi connectivity index (χ1) is 8.88. The zero-order valence-electron chi connectivity index (χ0n) is 11.0. The molecular weight excluding hydrogens is 252 g/mol. The van der Waals surface area contributed by atoms with Crippen LogP contribution in [0.5, 0.6) is 0 Å². The van der Waals surface area contributed by atoms with E-state index in [1.54, 1.807) is 6.92 Å². The standard InChI is InChI=1S/C13H20O6/c1-8-2-4-10(14)6-9(3-5-12(16)19-8)7-11(15)13(17)18/h8-9,11,15H,2-7H2,1H3,(H,17,18). The molecule has 0 aromatic rings. The molecule has 108 valence electrons. The number of carboxylic acid groups (broad SMARTS) is 1. The quantitative estimate of drug-likeness (QED) is 0.740. The molecule has 0 aromatic heterocycles. The van der Waals surface area contributed by atoms with Gasteiger partial charge in [-0.3, -0.25) is 9.59 Å². The summed E-state index contributed by atoms with van der Waals surface area (Å²) in [6.45, 7) is 1.75. The van der Waals surface area contributed by atoms with Gasteiger partial charge < -0.3 is 14.9 Å². The van der Waals surface area contributed by atoms with Gasteiger partial charge in [0, 0.05) is 19.3 Å². The molecule has 3 atom stereocenters. The zero-order chi connectivity index (χ0) is 14.4. The lowest BCUT2D eigenvalue weighted by molar-refractivity contribution is -0.150. The van der Waals surface area contributed by atoms with Crippen molar-refractivity contribution >= 4 is 17.7 Å². The average Bonchev–Trinajstić information content (AvgIpc) is 2.32. The molecular formula is C13H20O6. The summed E-state index contributed by atoms with van der Waals surface area (Å²) in [5.74, 6) is -1.91. The Bertz CT molecular complexity index is 351. The van der Waals surface area contributed by atoms with E-state index < -0.39 is 12.1 Å². The van der Waals surface area contributed by atoms with Gasteiger partial charge in [-0.1, -0.05) is 0 Å². The Balaban J connectivity index is 2.61. The molecule has 0 saturated carbocycles. The van der Waals surface area contributed by atoms with Crippen molar-refractivity contribution in [1.82, 2.24) is 0 Å². The number of carbonyl (C=O) groups excluding carboxylic acids is 2. The first kappa shape index (κ1) is 15.6. The van der Waals surface area contributed by atoms with Crippen molar-refractivity contribution in [2.24, 2.45) is 5.92 Å². The molecule has 6 heteroatoms. The molecule has 0 aliphatic carbocycles. The summed E-state index contributed by atoms with van der Waals surface area (Å²) in [6.07, 6.45) is -0.245. The Kier molecular flexibility index (Phi) is 5.95. The third-order valence-corrected chi connectivity index (χ3v) is 3.28. The van der Waals surface area contributed by atoms with E-state index >= 15 is 0 Å². The summed E-state index contributed by atoms with van der Waals surface area (Å²) in [5, 5.41) is 18.0. The molecule has 6 nitrogen and oxygen atoms in total. The maximum Gasteiger partial charge on any atom is 0.332 e. The highest BCUT2D eigenvalue weighted by atomic mass is 16.5. The highest BCUT2D eigenvalue weighted by Gasteiger charge is 2.25. The Hall–Kier alpha value is -1.43. The topological polar surface area (TPSA) is 101 Å². The monoisotopic (exact) mass is 272 g/mol. The molecule has 1 fully saturated rings. The van der Waals surface area contributed by atoms with Crippen LogP contribution < -0.4 is 0 Å². The normalized spacial score (nSPS) is 27.5. The van der Waals surface area contributed by atoms with E-state index in [9.17, 15) is 19.5 Å². The van der Waals surface area contributed by atoms with Gasteiger partial charge in [0.25, 0.3) is 0 Å². The summed E-state index contributed by atoms with van der Waals surface area (Å²) in [5.41, 5.74) is 0. The molecule has 1 rings (SSSR count). The molecule has 0 radical (unpaired) electrons. The average molecular weight is 272 g/mol. The number of aliphatic hydroxyl groups is 1. The number of Topliss-reactive ketones (excluding diaryl/α,β-unsaturated/α-hetero) is 1. The first-order valence-electron chi connectivity index (χ1n) is 6.50. The molecule has 0 spiro atoms. The van der Waals surface area contributed by atoms with Gasteiger partial charge in [0.15, 0.2) is 6.10 Å². The molecule has 1 aliphatic heterocycles. The van der Waals surface area contributed by atoms with Crippen LogP contribution in [0.2, 0.25) is 0 Å². The molecule has 1 heterocycles. The van der Waals surface area contributed by atoms with Crippen LogP contribution in [0.3, 0.4) is 0 Å². The fourth-order valence-electron chi connectivity index (χ4n) is 2.17. The first-order valence-corrected chi connectivity index (χ1v) is 6.50. The number of ether oxygens (including phenoxy) is 1. The number of carbonyl (C=O) groups is 3. The fourth-order valence-corrected chi connectivity index (χ4v) is 2.17. The van der Waals surface area contributed by atoms with Crippen LogP contribution in [0.25, 0.3) is 0 Å². The third-order valence-electron chi connectivity index (χ3n) is 3.28. The van der Waals surface area contributed by atoms with Gasteiger partial charge in [-0.25, -0.2) is 4.79 Å². The molecule has 0 bridgehead atoms. The molecule has 3 unspecified atom stereocenters. The Morgan fingerprint density at radius 1 is 1.37 bits per heavy atom. The highest BCUT2D eigenvalue weighted by Crippen LogP contribution is 2.22. The maximum absolute atomic E-state index is 11.7.